The van der Waals surface area contributed by atoms with Crippen LogP contribution in [0.4, 0.5) is 18.9 Å². The summed E-state index contributed by atoms with van der Waals surface area (Å²) in [7, 11) is -4.40. The fourth-order valence-electron chi connectivity index (χ4n) is 5.29. The van der Waals surface area contributed by atoms with Crippen molar-refractivity contribution in [1.29, 1.82) is 0 Å². The number of nitrogens with one attached hydrogen (secondary N) is 1. The number of rotatable bonds is 10. The lowest BCUT2D eigenvalue weighted by Crippen LogP contribution is -2.46. The van der Waals surface area contributed by atoms with E-state index in [1.54, 1.807) is 23.1 Å². The van der Waals surface area contributed by atoms with Crippen molar-refractivity contribution in [2.24, 2.45) is 0 Å². The fourth-order valence-corrected chi connectivity index (χ4v) is 6.30. The third kappa shape index (κ3) is 7.86. The summed E-state index contributed by atoms with van der Waals surface area (Å²) in [5.41, 5.74) is 4.25. The highest BCUT2D eigenvalue weighted by molar-refractivity contribution is 7.90. The van der Waals surface area contributed by atoms with E-state index in [1.165, 1.54) is 23.1 Å². The molecule has 0 aliphatic carbocycles. The SMILES string of the molecule is CCOc1cncc(-c2ccc(CN3CCN(c4ccc(C(=O)NS(=O)(=O)CCC(F)(F)F)cc4)CC3)c3ccccc23)c1. The normalized spacial score (nSPS) is 14.5. The highest BCUT2D eigenvalue weighted by Gasteiger charge is 2.30. The quantitative estimate of drug-likeness (QED) is 0.244. The molecule has 1 aromatic heterocycles. The maximum absolute atomic E-state index is 12.4. The summed E-state index contributed by atoms with van der Waals surface area (Å²) in [4.78, 5) is 21.3. The highest BCUT2D eigenvalue weighted by Crippen LogP contribution is 2.33. The lowest BCUT2D eigenvalue weighted by atomic mass is 9.95. The Hall–Kier alpha value is -4.16. The predicted molar refractivity (Wildman–Crippen MR) is 164 cm³/mol. The first-order valence-electron chi connectivity index (χ1n) is 14.3. The Labute approximate surface area is 254 Å². The molecule has 0 spiro atoms. The van der Waals surface area contributed by atoms with E-state index in [4.69, 9.17) is 4.74 Å². The molecular formula is C32H33F3N4O4S. The number of fused-ring (bicyclic) bond motifs is 1. The number of hydrogen-bond acceptors (Lipinski definition) is 7. The standard InChI is InChI=1S/C32H33F3N4O4S/c1-2-43-27-19-25(20-36-21-27)29-12-9-24(28-5-3-4-6-30(28)29)22-38-14-16-39(17-15-38)26-10-7-23(8-11-26)31(40)37-44(41,42)18-13-32(33,34)35/h3-12,19-21H,2,13-18,22H2,1H3,(H,37,40). The number of anilines is 1. The van der Waals surface area contributed by atoms with Crippen molar-refractivity contribution in [2.45, 2.75) is 26.1 Å². The molecule has 0 bridgehead atoms. The van der Waals surface area contributed by atoms with Crippen LogP contribution >= 0.6 is 0 Å². The number of sulfonamides is 1. The molecule has 232 valence electrons. The van der Waals surface area contributed by atoms with E-state index in [0.717, 1.165) is 60.7 Å². The van der Waals surface area contributed by atoms with E-state index >= 15 is 0 Å². The molecule has 8 nitrogen and oxygen atoms in total. The fraction of sp³-hybridized carbons (Fsp3) is 0.312. The Morgan fingerprint density at radius 1 is 0.955 bits per heavy atom. The number of carbonyl (C=O) groups excluding carboxylic acids is 1. The van der Waals surface area contributed by atoms with Crippen molar-refractivity contribution in [3.63, 3.8) is 0 Å². The first-order chi connectivity index (χ1) is 21.0. The Morgan fingerprint density at radius 2 is 1.66 bits per heavy atom. The average molecular weight is 627 g/mol. The molecule has 5 rings (SSSR count). The van der Waals surface area contributed by atoms with E-state index in [1.807, 2.05) is 31.3 Å². The van der Waals surface area contributed by atoms with Crippen LogP contribution in [-0.2, 0) is 16.6 Å². The average Bonchev–Trinajstić information content (AvgIpc) is 3.01. The summed E-state index contributed by atoms with van der Waals surface area (Å²) < 4.78 is 68.2. The largest absolute Gasteiger partial charge is 0.492 e. The highest BCUT2D eigenvalue weighted by atomic mass is 32.2. The number of aromatic nitrogens is 1. The van der Waals surface area contributed by atoms with Gasteiger partial charge in [0.1, 0.15) is 5.75 Å². The number of amides is 1. The summed E-state index contributed by atoms with van der Waals surface area (Å²) >= 11 is 0. The molecule has 12 heteroatoms. The zero-order valence-corrected chi connectivity index (χ0v) is 25.0. The molecule has 1 saturated heterocycles. The van der Waals surface area contributed by atoms with Crippen molar-refractivity contribution >= 4 is 32.4 Å². The van der Waals surface area contributed by atoms with Crippen molar-refractivity contribution < 1.29 is 31.1 Å². The number of benzene rings is 3. The lowest BCUT2D eigenvalue weighted by molar-refractivity contribution is -0.130. The minimum Gasteiger partial charge on any atom is -0.492 e. The van der Waals surface area contributed by atoms with Gasteiger partial charge in [-0.05, 0) is 59.2 Å². The minimum atomic E-state index is -4.63. The second-order valence-corrected chi connectivity index (χ2v) is 12.4. The van der Waals surface area contributed by atoms with Crippen molar-refractivity contribution in [3.8, 4) is 16.9 Å². The van der Waals surface area contributed by atoms with Gasteiger partial charge in [0.05, 0.1) is 25.0 Å². The Morgan fingerprint density at radius 3 is 2.34 bits per heavy atom. The molecule has 0 atom stereocenters. The van der Waals surface area contributed by atoms with Gasteiger partial charge in [0.15, 0.2) is 0 Å². The molecule has 1 aliphatic rings. The molecule has 0 unspecified atom stereocenters. The molecule has 1 amide bonds. The third-order valence-electron chi connectivity index (χ3n) is 7.51. The van der Waals surface area contributed by atoms with Gasteiger partial charge in [-0.15, -0.1) is 0 Å². The van der Waals surface area contributed by atoms with Crippen LogP contribution in [0.2, 0.25) is 0 Å². The molecule has 4 aromatic rings. The van der Waals surface area contributed by atoms with Crippen LogP contribution < -0.4 is 14.4 Å². The summed E-state index contributed by atoms with van der Waals surface area (Å²) in [6, 6.07) is 21.1. The molecule has 0 saturated carbocycles. The number of alkyl halides is 3. The van der Waals surface area contributed by atoms with E-state index in [-0.39, 0.29) is 5.56 Å². The maximum Gasteiger partial charge on any atom is 0.390 e. The maximum atomic E-state index is 12.4. The van der Waals surface area contributed by atoms with Gasteiger partial charge in [0, 0.05) is 55.7 Å². The molecule has 2 heterocycles. The zero-order valence-electron chi connectivity index (χ0n) is 24.2. The first kappa shape index (κ1) is 31.3. The predicted octanol–water partition coefficient (Wildman–Crippen LogP) is 5.63. The van der Waals surface area contributed by atoms with Crippen LogP contribution in [0.15, 0.2) is 79.1 Å². The Kier molecular flexibility index (Phi) is 9.40. The number of carbonyl (C=O) groups is 1. The number of piperazine rings is 1. The van der Waals surface area contributed by atoms with Crippen LogP contribution in [0.3, 0.4) is 0 Å². The van der Waals surface area contributed by atoms with Gasteiger partial charge in [-0.25, -0.2) is 13.1 Å². The van der Waals surface area contributed by atoms with Crippen molar-refractivity contribution in [3.05, 3.63) is 90.3 Å². The van der Waals surface area contributed by atoms with Gasteiger partial charge in [-0.1, -0.05) is 36.4 Å². The summed E-state index contributed by atoms with van der Waals surface area (Å²) in [5, 5.41) is 2.33. The van der Waals surface area contributed by atoms with Gasteiger partial charge < -0.3 is 9.64 Å². The first-order valence-corrected chi connectivity index (χ1v) is 15.9. The third-order valence-corrected chi connectivity index (χ3v) is 8.75. The monoisotopic (exact) mass is 626 g/mol. The van der Waals surface area contributed by atoms with E-state index in [2.05, 4.69) is 39.0 Å². The molecule has 3 aromatic carbocycles. The molecule has 1 N–H and O–H groups in total. The van der Waals surface area contributed by atoms with Gasteiger partial charge in [0.25, 0.3) is 5.91 Å². The molecule has 1 aliphatic heterocycles. The summed E-state index contributed by atoms with van der Waals surface area (Å²) in [6.07, 6.45) is -2.59. The molecule has 44 heavy (non-hydrogen) atoms. The molecule has 1 fully saturated rings. The smallest absolute Gasteiger partial charge is 0.390 e. The molecule has 0 radical (unpaired) electrons. The summed E-state index contributed by atoms with van der Waals surface area (Å²) in [5.74, 6) is -1.42. The van der Waals surface area contributed by atoms with Gasteiger partial charge in [-0.2, -0.15) is 13.2 Å². The zero-order chi connectivity index (χ0) is 31.3. The van der Waals surface area contributed by atoms with Crippen LogP contribution in [0.1, 0.15) is 29.3 Å². The Bertz CT molecular complexity index is 1720. The van der Waals surface area contributed by atoms with Crippen LogP contribution in [0, 0.1) is 0 Å². The number of nitrogens with zero attached hydrogens (tertiary/aromatic N) is 3. The second kappa shape index (κ2) is 13.2. The summed E-state index contributed by atoms with van der Waals surface area (Å²) in [6.45, 7) is 6.44. The minimum absolute atomic E-state index is 0.0543. The van der Waals surface area contributed by atoms with Gasteiger partial charge in [-0.3, -0.25) is 14.7 Å². The number of hydrogen-bond donors (Lipinski definition) is 1. The van der Waals surface area contributed by atoms with Gasteiger partial charge >= 0.3 is 6.18 Å². The second-order valence-electron chi connectivity index (χ2n) is 10.6. The van der Waals surface area contributed by atoms with E-state index in [9.17, 15) is 26.4 Å². The lowest BCUT2D eigenvalue weighted by Gasteiger charge is -2.36. The van der Waals surface area contributed by atoms with Crippen molar-refractivity contribution in [1.82, 2.24) is 14.6 Å². The van der Waals surface area contributed by atoms with Gasteiger partial charge in [0.2, 0.25) is 10.0 Å². The Balaban J connectivity index is 1.20. The topological polar surface area (TPSA) is 91.8 Å². The van der Waals surface area contributed by atoms with Crippen LogP contribution in [0.25, 0.3) is 21.9 Å². The van der Waals surface area contributed by atoms with Crippen LogP contribution in [0.5, 0.6) is 5.75 Å². The van der Waals surface area contributed by atoms with Crippen molar-refractivity contribution in [2.75, 3.05) is 43.4 Å². The number of halogens is 3. The van der Waals surface area contributed by atoms with E-state index in [0.29, 0.717) is 6.61 Å². The van der Waals surface area contributed by atoms with E-state index < -0.39 is 34.3 Å². The van der Waals surface area contributed by atoms with Crippen LogP contribution in [-0.4, -0.2) is 68.9 Å². The number of pyridine rings is 1. The number of ether oxygens (including phenoxy) is 1. The molecular weight excluding hydrogens is 593 g/mol.